The van der Waals surface area contributed by atoms with Gasteiger partial charge in [0.25, 0.3) is 5.91 Å². The monoisotopic (exact) mass is 475 g/mol. The number of aryl methyl sites for hydroxylation is 1. The Balaban J connectivity index is 1.61. The summed E-state index contributed by atoms with van der Waals surface area (Å²) in [4.78, 5) is 23.7. The number of hydrogen-bond acceptors (Lipinski definition) is 6. The number of thiazole rings is 1. The molecule has 5 nitrogen and oxygen atoms in total. The van der Waals surface area contributed by atoms with E-state index in [1.165, 1.54) is 11.3 Å². The molecule has 3 aromatic rings. The molecule has 2 heterocycles. The van der Waals surface area contributed by atoms with Crippen LogP contribution in [-0.2, 0) is 4.74 Å². The van der Waals surface area contributed by atoms with Gasteiger partial charge in [0.15, 0.2) is 5.13 Å². The number of benzene rings is 2. The maximum Gasteiger partial charge on any atom is 0.260 e. The number of halogens is 1. The number of ether oxygens (including phenoxy) is 1. The molecule has 1 aliphatic heterocycles. The van der Waals surface area contributed by atoms with Crippen molar-refractivity contribution in [2.24, 2.45) is 0 Å². The molecule has 31 heavy (non-hydrogen) atoms. The molecular formula is C23H26ClN3O2S2. The zero-order chi connectivity index (χ0) is 21.8. The number of amides is 1. The number of morpholine rings is 1. The number of aromatic nitrogens is 1. The van der Waals surface area contributed by atoms with Crippen LogP contribution in [0.3, 0.4) is 0 Å². The minimum atomic E-state index is -0.0133. The summed E-state index contributed by atoms with van der Waals surface area (Å²) in [6, 6.07) is 11.6. The van der Waals surface area contributed by atoms with Gasteiger partial charge in [-0.15, -0.1) is 11.8 Å². The van der Waals surface area contributed by atoms with Gasteiger partial charge in [-0.05, 0) is 55.5 Å². The highest BCUT2D eigenvalue weighted by Crippen LogP contribution is 2.34. The van der Waals surface area contributed by atoms with Crippen molar-refractivity contribution < 1.29 is 9.53 Å². The van der Waals surface area contributed by atoms with E-state index in [9.17, 15) is 4.79 Å². The van der Waals surface area contributed by atoms with Crippen molar-refractivity contribution in [3.8, 4) is 0 Å². The van der Waals surface area contributed by atoms with Gasteiger partial charge in [-0.25, -0.2) is 4.98 Å². The Morgan fingerprint density at radius 3 is 2.87 bits per heavy atom. The second kappa shape index (κ2) is 10.3. The van der Waals surface area contributed by atoms with E-state index in [4.69, 9.17) is 21.3 Å². The van der Waals surface area contributed by atoms with Crippen LogP contribution in [0.25, 0.3) is 10.2 Å². The summed E-state index contributed by atoms with van der Waals surface area (Å²) in [6.45, 7) is 7.01. The van der Waals surface area contributed by atoms with Gasteiger partial charge in [0, 0.05) is 41.7 Å². The molecule has 0 radical (unpaired) electrons. The first-order valence-corrected chi connectivity index (χ1v) is 12.8. The van der Waals surface area contributed by atoms with Gasteiger partial charge < -0.3 is 4.74 Å². The van der Waals surface area contributed by atoms with Crippen LogP contribution in [0.15, 0.2) is 41.3 Å². The third-order valence-corrected chi connectivity index (χ3v) is 7.36. The second-order valence-corrected chi connectivity index (χ2v) is 9.89. The fraction of sp³-hybridized carbons (Fsp3) is 0.391. The SMILES string of the molecule is CSc1cccc(C(=O)N(CCCN2CCOCC2)c2nc3c(C)cc(Cl)cc3s2)c1. The lowest BCUT2D eigenvalue weighted by Crippen LogP contribution is -2.39. The smallest absolute Gasteiger partial charge is 0.260 e. The fourth-order valence-electron chi connectivity index (χ4n) is 3.73. The minimum Gasteiger partial charge on any atom is -0.379 e. The molecule has 2 aromatic carbocycles. The highest BCUT2D eigenvalue weighted by Gasteiger charge is 2.22. The Labute approximate surface area is 196 Å². The first-order valence-electron chi connectivity index (χ1n) is 10.4. The van der Waals surface area contributed by atoms with Crippen molar-refractivity contribution in [1.29, 1.82) is 0 Å². The summed E-state index contributed by atoms with van der Waals surface area (Å²) in [5.41, 5.74) is 2.62. The molecule has 0 spiro atoms. The summed E-state index contributed by atoms with van der Waals surface area (Å²) in [6.07, 6.45) is 2.90. The summed E-state index contributed by atoms with van der Waals surface area (Å²) < 4.78 is 6.45. The minimum absolute atomic E-state index is 0.0133. The zero-order valence-corrected chi connectivity index (χ0v) is 20.2. The fourth-order valence-corrected chi connectivity index (χ4v) is 5.64. The number of anilines is 1. The van der Waals surface area contributed by atoms with E-state index in [1.807, 2.05) is 54.5 Å². The number of carbonyl (C=O) groups is 1. The highest BCUT2D eigenvalue weighted by molar-refractivity contribution is 7.98. The van der Waals surface area contributed by atoms with Crippen molar-refractivity contribution in [1.82, 2.24) is 9.88 Å². The Bertz CT molecular complexity index is 1070. The van der Waals surface area contributed by atoms with E-state index in [0.29, 0.717) is 17.1 Å². The van der Waals surface area contributed by atoms with Gasteiger partial charge in [0.1, 0.15) is 0 Å². The van der Waals surface area contributed by atoms with Gasteiger partial charge in [0.2, 0.25) is 0 Å². The summed E-state index contributed by atoms with van der Waals surface area (Å²) in [5, 5.41) is 1.42. The Hall–Kier alpha value is -1.64. The zero-order valence-electron chi connectivity index (χ0n) is 17.8. The Morgan fingerprint density at radius 2 is 2.10 bits per heavy atom. The number of fused-ring (bicyclic) bond motifs is 1. The van der Waals surface area contributed by atoms with Crippen LogP contribution in [0.5, 0.6) is 0 Å². The van der Waals surface area contributed by atoms with Crippen molar-refractivity contribution in [3.05, 3.63) is 52.5 Å². The van der Waals surface area contributed by atoms with Gasteiger partial charge in [-0.2, -0.15) is 0 Å². The predicted octanol–water partition coefficient (Wildman–Crippen LogP) is 5.35. The molecule has 0 atom stereocenters. The second-order valence-electron chi connectivity index (χ2n) is 7.56. The molecule has 1 aromatic heterocycles. The maximum atomic E-state index is 13.5. The molecule has 0 bridgehead atoms. The van der Waals surface area contributed by atoms with Crippen LogP contribution < -0.4 is 4.90 Å². The molecule has 164 valence electrons. The standard InChI is InChI=1S/C23H26ClN3O2S2/c1-16-13-18(24)15-20-21(16)25-23(31-20)27(8-4-7-26-9-11-29-12-10-26)22(28)17-5-3-6-19(14-17)30-2/h3,5-6,13-15H,4,7-12H2,1-2H3. The lowest BCUT2D eigenvalue weighted by atomic mass is 10.2. The molecule has 1 saturated heterocycles. The van der Waals surface area contributed by atoms with E-state index < -0.39 is 0 Å². The van der Waals surface area contributed by atoms with Gasteiger partial charge in [0.05, 0.1) is 23.4 Å². The Kier molecular flexibility index (Phi) is 7.51. The van der Waals surface area contributed by atoms with Crippen molar-refractivity contribution in [2.75, 3.05) is 50.5 Å². The van der Waals surface area contributed by atoms with E-state index in [-0.39, 0.29) is 5.91 Å². The molecule has 4 rings (SSSR count). The number of hydrogen-bond donors (Lipinski definition) is 0. The van der Waals surface area contributed by atoms with Crippen LogP contribution in [0.1, 0.15) is 22.3 Å². The van der Waals surface area contributed by atoms with Gasteiger partial charge in [-0.3, -0.25) is 14.6 Å². The highest BCUT2D eigenvalue weighted by atomic mass is 35.5. The van der Waals surface area contributed by atoms with Crippen LogP contribution in [-0.4, -0.2) is 61.4 Å². The van der Waals surface area contributed by atoms with Gasteiger partial charge >= 0.3 is 0 Å². The molecule has 1 aliphatic rings. The largest absolute Gasteiger partial charge is 0.379 e. The quantitative estimate of drug-likeness (QED) is 0.431. The lowest BCUT2D eigenvalue weighted by Gasteiger charge is -2.27. The molecule has 1 amide bonds. The number of rotatable bonds is 7. The van der Waals surface area contributed by atoms with E-state index in [2.05, 4.69) is 4.90 Å². The van der Waals surface area contributed by atoms with E-state index >= 15 is 0 Å². The van der Waals surface area contributed by atoms with Crippen LogP contribution in [0.2, 0.25) is 5.02 Å². The maximum absolute atomic E-state index is 13.5. The molecule has 0 unspecified atom stereocenters. The topological polar surface area (TPSA) is 45.7 Å². The van der Waals surface area contributed by atoms with Crippen LogP contribution in [0.4, 0.5) is 5.13 Å². The molecular weight excluding hydrogens is 450 g/mol. The molecule has 1 fully saturated rings. The third kappa shape index (κ3) is 5.41. The molecule has 0 N–H and O–H groups in total. The number of thioether (sulfide) groups is 1. The van der Waals surface area contributed by atoms with Crippen LogP contribution >= 0.6 is 34.7 Å². The summed E-state index contributed by atoms with van der Waals surface area (Å²) in [5.74, 6) is -0.0133. The first kappa shape index (κ1) is 22.6. The Morgan fingerprint density at radius 1 is 1.29 bits per heavy atom. The first-order chi connectivity index (χ1) is 15.0. The normalized spacial score (nSPS) is 14.8. The average molecular weight is 476 g/mol. The summed E-state index contributed by atoms with van der Waals surface area (Å²) >= 11 is 9.41. The van der Waals surface area contributed by atoms with Crippen molar-refractivity contribution in [3.63, 3.8) is 0 Å². The molecule has 0 aliphatic carbocycles. The predicted molar refractivity (Wildman–Crippen MR) is 131 cm³/mol. The van der Waals surface area contributed by atoms with Crippen molar-refractivity contribution >= 4 is 56.0 Å². The van der Waals surface area contributed by atoms with Crippen molar-refractivity contribution in [2.45, 2.75) is 18.2 Å². The molecule has 0 saturated carbocycles. The van der Waals surface area contributed by atoms with Crippen LogP contribution in [0, 0.1) is 6.92 Å². The molecule has 8 heteroatoms. The lowest BCUT2D eigenvalue weighted by molar-refractivity contribution is 0.0376. The van der Waals surface area contributed by atoms with E-state index in [0.717, 1.165) is 65.1 Å². The number of nitrogens with zero attached hydrogens (tertiary/aromatic N) is 3. The van der Waals surface area contributed by atoms with Gasteiger partial charge in [-0.1, -0.05) is 29.0 Å². The average Bonchev–Trinajstić information content (AvgIpc) is 3.21. The third-order valence-electron chi connectivity index (χ3n) is 5.39. The number of carbonyl (C=O) groups excluding carboxylic acids is 1. The van der Waals surface area contributed by atoms with E-state index in [1.54, 1.807) is 11.8 Å². The summed E-state index contributed by atoms with van der Waals surface area (Å²) in [7, 11) is 0.